The van der Waals surface area contributed by atoms with Crippen LogP contribution in [-0.2, 0) is 0 Å². The van der Waals surface area contributed by atoms with Crippen molar-refractivity contribution in [3.05, 3.63) is 71.2 Å². The minimum absolute atomic E-state index is 0.282. The topological polar surface area (TPSA) is 38.9 Å². The van der Waals surface area contributed by atoms with E-state index in [1.54, 1.807) is 24.3 Å². The van der Waals surface area contributed by atoms with Gasteiger partial charge in [-0.15, -0.1) is 11.3 Å². The van der Waals surface area contributed by atoms with Gasteiger partial charge in [-0.1, -0.05) is 0 Å². The van der Waals surface area contributed by atoms with E-state index < -0.39 is 0 Å². The number of hydrogen-bond acceptors (Lipinski definition) is 4. The van der Waals surface area contributed by atoms with Crippen molar-refractivity contribution in [1.82, 2.24) is 9.97 Å². The maximum absolute atomic E-state index is 13.1. The highest BCUT2D eigenvalue weighted by atomic mass is 32.1. The predicted octanol–water partition coefficient (Wildman–Crippen LogP) is 5.72. The molecular weight excluding hydrogens is 342 g/mol. The third-order valence-electron chi connectivity index (χ3n) is 3.72. The minimum atomic E-state index is -0.310. The van der Waals surface area contributed by atoms with Gasteiger partial charge in [0.1, 0.15) is 22.3 Å². The molecule has 0 aliphatic rings. The van der Waals surface area contributed by atoms with Gasteiger partial charge >= 0.3 is 0 Å². The predicted molar refractivity (Wildman–Crippen MR) is 93.1 cm³/mol. The van der Waals surface area contributed by atoms with Gasteiger partial charge in [-0.2, -0.15) is 0 Å². The molecule has 0 spiro atoms. The van der Waals surface area contributed by atoms with Crippen LogP contribution in [0.15, 0.2) is 58.3 Å². The van der Waals surface area contributed by atoms with E-state index in [9.17, 15) is 8.78 Å². The fourth-order valence-corrected chi connectivity index (χ4v) is 3.26. The van der Waals surface area contributed by atoms with Gasteiger partial charge in [0.05, 0.1) is 5.69 Å². The van der Waals surface area contributed by atoms with Crippen molar-refractivity contribution < 1.29 is 13.2 Å². The zero-order valence-corrected chi connectivity index (χ0v) is 14.0. The highest BCUT2D eigenvalue weighted by Gasteiger charge is 2.16. The molecule has 0 aliphatic carbocycles. The highest BCUT2D eigenvalue weighted by molar-refractivity contribution is 7.13. The summed E-state index contributed by atoms with van der Waals surface area (Å²) in [6, 6.07) is 12.2. The standard InChI is InChI=1S/C19H12F2N2OS/c1-11-17(24-18(22-11)12-2-6-14(20)7-3-12)16-10-25-19(23-16)13-4-8-15(21)9-5-13/h2-10H,1H3. The molecule has 25 heavy (non-hydrogen) atoms. The molecule has 0 saturated heterocycles. The second-order valence-corrected chi connectivity index (χ2v) is 6.34. The maximum Gasteiger partial charge on any atom is 0.227 e. The van der Waals surface area contributed by atoms with Crippen LogP contribution in [0.4, 0.5) is 8.78 Å². The van der Waals surface area contributed by atoms with Crippen LogP contribution in [0.25, 0.3) is 33.5 Å². The molecule has 3 nitrogen and oxygen atoms in total. The van der Waals surface area contributed by atoms with E-state index in [0.29, 0.717) is 28.6 Å². The molecular formula is C19H12F2N2OS. The number of nitrogens with zero attached hydrogens (tertiary/aromatic N) is 2. The van der Waals surface area contributed by atoms with E-state index in [2.05, 4.69) is 9.97 Å². The summed E-state index contributed by atoms with van der Waals surface area (Å²) in [7, 11) is 0. The molecule has 4 aromatic rings. The Morgan fingerprint density at radius 3 is 2.08 bits per heavy atom. The van der Waals surface area contributed by atoms with Gasteiger partial charge in [0, 0.05) is 16.5 Å². The first-order valence-electron chi connectivity index (χ1n) is 7.55. The van der Waals surface area contributed by atoms with Gasteiger partial charge in [-0.25, -0.2) is 18.7 Å². The second-order valence-electron chi connectivity index (χ2n) is 5.49. The molecule has 2 aromatic carbocycles. The number of halogens is 2. The lowest BCUT2D eigenvalue weighted by Crippen LogP contribution is -1.81. The summed E-state index contributed by atoms with van der Waals surface area (Å²) in [6.45, 7) is 1.84. The minimum Gasteiger partial charge on any atom is -0.434 e. The van der Waals surface area contributed by atoms with E-state index >= 15 is 0 Å². The van der Waals surface area contributed by atoms with E-state index in [1.165, 1.54) is 35.6 Å². The normalized spacial score (nSPS) is 11.0. The van der Waals surface area contributed by atoms with Crippen LogP contribution < -0.4 is 0 Å². The largest absolute Gasteiger partial charge is 0.434 e. The molecule has 124 valence electrons. The zero-order valence-electron chi connectivity index (χ0n) is 13.2. The number of aryl methyl sites for hydroxylation is 1. The van der Waals surface area contributed by atoms with E-state index in [1.807, 2.05) is 12.3 Å². The molecule has 0 atom stereocenters. The van der Waals surface area contributed by atoms with Crippen molar-refractivity contribution in [2.24, 2.45) is 0 Å². The van der Waals surface area contributed by atoms with Crippen LogP contribution in [0.2, 0.25) is 0 Å². The van der Waals surface area contributed by atoms with Crippen molar-refractivity contribution in [3.8, 4) is 33.5 Å². The summed E-state index contributed by atoms with van der Waals surface area (Å²) in [5.41, 5.74) is 2.91. The number of hydrogen-bond donors (Lipinski definition) is 0. The fourth-order valence-electron chi connectivity index (χ4n) is 2.45. The van der Waals surface area contributed by atoms with Crippen LogP contribution in [0.1, 0.15) is 5.69 Å². The molecule has 0 aliphatic heterocycles. The van der Waals surface area contributed by atoms with Crippen LogP contribution >= 0.6 is 11.3 Å². The Balaban J connectivity index is 1.69. The smallest absolute Gasteiger partial charge is 0.227 e. The van der Waals surface area contributed by atoms with Gasteiger partial charge in [0.15, 0.2) is 5.76 Å². The van der Waals surface area contributed by atoms with Crippen LogP contribution in [0.3, 0.4) is 0 Å². The molecule has 0 N–H and O–H groups in total. The molecule has 6 heteroatoms. The quantitative estimate of drug-likeness (QED) is 0.472. The molecule has 2 aromatic heterocycles. The summed E-state index contributed by atoms with van der Waals surface area (Å²) < 4.78 is 32.0. The first-order chi connectivity index (χ1) is 12.1. The molecule has 0 amide bonds. The van der Waals surface area contributed by atoms with Crippen molar-refractivity contribution in [2.75, 3.05) is 0 Å². The summed E-state index contributed by atoms with van der Waals surface area (Å²) in [5, 5.41) is 2.65. The second kappa shape index (κ2) is 6.22. The molecule has 0 radical (unpaired) electrons. The summed E-state index contributed by atoms with van der Waals surface area (Å²) >= 11 is 1.45. The lowest BCUT2D eigenvalue weighted by molar-refractivity contribution is 0.585. The van der Waals surface area contributed by atoms with Gasteiger partial charge in [-0.05, 0) is 55.5 Å². The Kier molecular flexibility index (Phi) is 3.89. The first kappa shape index (κ1) is 15.7. The van der Waals surface area contributed by atoms with Gasteiger partial charge in [-0.3, -0.25) is 0 Å². The zero-order chi connectivity index (χ0) is 17.4. The summed E-state index contributed by atoms with van der Waals surface area (Å²) in [4.78, 5) is 8.97. The van der Waals surface area contributed by atoms with Crippen molar-refractivity contribution >= 4 is 11.3 Å². The number of oxazole rings is 1. The number of rotatable bonds is 3. The number of benzene rings is 2. The van der Waals surface area contributed by atoms with Gasteiger partial charge < -0.3 is 4.42 Å². The Morgan fingerprint density at radius 2 is 1.44 bits per heavy atom. The Labute approximate surface area is 146 Å². The number of thiazole rings is 1. The molecule has 0 bridgehead atoms. The van der Waals surface area contributed by atoms with E-state index in [0.717, 1.165) is 10.6 Å². The Hall–Kier alpha value is -2.86. The SMILES string of the molecule is Cc1nc(-c2ccc(F)cc2)oc1-c1csc(-c2ccc(F)cc2)n1. The van der Waals surface area contributed by atoms with Crippen molar-refractivity contribution in [1.29, 1.82) is 0 Å². The molecule has 0 saturated carbocycles. The van der Waals surface area contributed by atoms with Crippen molar-refractivity contribution in [2.45, 2.75) is 6.92 Å². The summed E-state index contributed by atoms with van der Waals surface area (Å²) in [6.07, 6.45) is 0. The molecule has 2 heterocycles. The number of aromatic nitrogens is 2. The summed E-state index contributed by atoms with van der Waals surface area (Å²) in [5.74, 6) is 0.402. The molecule has 0 unspecified atom stereocenters. The first-order valence-corrected chi connectivity index (χ1v) is 8.43. The van der Waals surface area contributed by atoms with E-state index in [-0.39, 0.29) is 11.6 Å². The third kappa shape index (κ3) is 3.08. The Bertz CT molecular complexity index is 1020. The van der Waals surface area contributed by atoms with Crippen LogP contribution in [-0.4, -0.2) is 9.97 Å². The van der Waals surface area contributed by atoms with Crippen LogP contribution in [0, 0.1) is 18.6 Å². The highest BCUT2D eigenvalue weighted by Crippen LogP contribution is 2.33. The van der Waals surface area contributed by atoms with E-state index in [4.69, 9.17) is 4.42 Å². The monoisotopic (exact) mass is 354 g/mol. The third-order valence-corrected chi connectivity index (χ3v) is 4.61. The Morgan fingerprint density at radius 1 is 0.840 bits per heavy atom. The molecule has 4 rings (SSSR count). The molecule has 0 fully saturated rings. The maximum atomic E-state index is 13.1. The average Bonchev–Trinajstić information content (AvgIpc) is 3.23. The van der Waals surface area contributed by atoms with Crippen LogP contribution in [0.5, 0.6) is 0 Å². The average molecular weight is 354 g/mol. The lowest BCUT2D eigenvalue weighted by atomic mass is 10.2. The fraction of sp³-hybridized carbons (Fsp3) is 0.0526. The van der Waals surface area contributed by atoms with Crippen molar-refractivity contribution in [3.63, 3.8) is 0 Å². The van der Waals surface area contributed by atoms with Gasteiger partial charge in [0.2, 0.25) is 5.89 Å². The lowest BCUT2D eigenvalue weighted by Gasteiger charge is -1.96. The van der Waals surface area contributed by atoms with Gasteiger partial charge in [0.25, 0.3) is 0 Å².